The van der Waals surface area contributed by atoms with E-state index in [0.717, 1.165) is 22.1 Å². The Hall–Kier alpha value is -2.00. The van der Waals surface area contributed by atoms with Crippen LogP contribution >= 0.6 is 0 Å². The van der Waals surface area contributed by atoms with Crippen LogP contribution in [0.15, 0.2) is 48.5 Å². The maximum atomic E-state index is 7.57. The lowest BCUT2D eigenvalue weighted by molar-refractivity contribution is 0.318. The first-order chi connectivity index (χ1) is 8.35. The second kappa shape index (κ2) is 5.37. The highest BCUT2D eigenvalue weighted by Gasteiger charge is 1.98. The van der Waals surface area contributed by atoms with Crippen molar-refractivity contribution in [2.75, 3.05) is 6.61 Å². The smallest absolute Gasteiger partial charge is 0.0894 e. The highest BCUT2D eigenvalue weighted by Crippen LogP contribution is 2.14. The van der Waals surface area contributed by atoms with Crippen LogP contribution in [-0.4, -0.2) is 21.7 Å². The van der Waals surface area contributed by atoms with Crippen molar-refractivity contribution in [3.8, 4) is 0 Å². The van der Waals surface area contributed by atoms with Crippen molar-refractivity contribution in [1.82, 2.24) is 9.97 Å². The van der Waals surface area contributed by atoms with E-state index in [1.807, 2.05) is 48.5 Å². The summed E-state index contributed by atoms with van der Waals surface area (Å²) in [7, 11) is 0. The summed E-state index contributed by atoms with van der Waals surface area (Å²) in [5.41, 5.74) is 3.80. The van der Waals surface area contributed by atoms with Crippen LogP contribution in [0.3, 0.4) is 0 Å². The van der Waals surface area contributed by atoms with Crippen LogP contribution in [0.4, 0.5) is 0 Å². The lowest BCUT2D eigenvalue weighted by Crippen LogP contribution is -1.85. The molecule has 3 aromatic rings. The number of benzene rings is 2. The van der Waals surface area contributed by atoms with E-state index < -0.39 is 0 Å². The third-order valence-corrected chi connectivity index (χ3v) is 2.25. The van der Waals surface area contributed by atoms with Gasteiger partial charge in [-0.15, -0.1) is 0 Å². The molecule has 1 aromatic heterocycles. The van der Waals surface area contributed by atoms with Crippen LogP contribution in [0.25, 0.3) is 22.1 Å². The number of aliphatic hydroxyl groups is 1. The molecule has 0 radical (unpaired) electrons. The molecule has 1 N–H and O–H groups in total. The third kappa shape index (κ3) is 2.57. The Labute approximate surface area is 99.8 Å². The summed E-state index contributed by atoms with van der Waals surface area (Å²) in [6.45, 7) is 1.93. The molecule has 0 bridgehead atoms. The van der Waals surface area contributed by atoms with Crippen LogP contribution in [0.2, 0.25) is 0 Å². The molecular weight excluding hydrogens is 212 g/mol. The molecule has 3 nitrogen and oxygen atoms in total. The highest BCUT2D eigenvalue weighted by atomic mass is 16.2. The Bertz CT molecular complexity index is 517. The van der Waals surface area contributed by atoms with E-state index in [2.05, 4.69) is 9.97 Å². The Kier molecular flexibility index (Phi) is 3.62. The van der Waals surface area contributed by atoms with Gasteiger partial charge in [0.1, 0.15) is 0 Å². The van der Waals surface area contributed by atoms with E-state index in [1.165, 1.54) is 0 Å². The molecular formula is C14H14N2O. The van der Waals surface area contributed by atoms with Gasteiger partial charge >= 0.3 is 0 Å². The van der Waals surface area contributed by atoms with Gasteiger partial charge in [-0.1, -0.05) is 24.3 Å². The summed E-state index contributed by atoms with van der Waals surface area (Å²) in [5.74, 6) is 0. The predicted octanol–water partition coefficient (Wildman–Crippen LogP) is 2.78. The minimum Gasteiger partial charge on any atom is -0.397 e. The molecule has 17 heavy (non-hydrogen) atoms. The molecule has 0 spiro atoms. The molecule has 0 aliphatic heterocycles. The van der Waals surface area contributed by atoms with Crippen molar-refractivity contribution < 1.29 is 5.11 Å². The van der Waals surface area contributed by atoms with E-state index in [-0.39, 0.29) is 6.61 Å². The number of rotatable bonds is 0. The molecule has 0 aliphatic rings. The van der Waals surface area contributed by atoms with Gasteiger partial charge in [0.2, 0.25) is 0 Å². The highest BCUT2D eigenvalue weighted by molar-refractivity contribution is 5.85. The van der Waals surface area contributed by atoms with Crippen molar-refractivity contribution in [2.24, 2.45) is 0 Å². The standard InChI is InChI=1S/C12H8N2.C2H6O/c1-2-6-10-9(5-1)13-11-7-3-4-8-12(11)14-10;1-2-3/h1-8H;3H,2H2,1H3. The maximum Gasteiger partial charge on any atom is 0.0894 e. The molecule has 3 rings (SSSR count). The Morgan fingerprint density at radius 2 is 1.00 bits per heavy atom. The molecule has 0 saturated heterocycles. The fourth-order valence-corrected chi connectivity index (χ4v) is 1.57. The SMILES string of the molecule is CCO.c1ccc2nc3ccccc3nc2c1. The Morgan fingerprint density at radius 3 is 1.24 bits per heavy atom. The number of aromatic nitrogens is 2. The van der Waals surface area contributed by atoms with Gasteiger partial charge in [0.25, 0.3) is 0 Å². The zero-order valence-electron chi connectivity index (χ0n) is 9.67. The van der Waals surface area contributed by atoms with Crippen molar-refractivity contribution in [1.29, 1.82) is 0 Å². The molecule has 0 atom stereocenters. The molecule has 0 aliphatic carbocycles. The second-order valence-electron chi connectivity index (χ2n) is 3.52. The summed E-state index contributed by atoms with van der Waals surface area (Å²) >= 11 is 0. The van der Waals surface area contributed by atoms with E-state index in [9.17, 15) is 0 Å². The Morgan fingerprint density at radius 1 is 0.765 bits per heavy atom. The van der Waals surface area contributed by atoms with Gasteiger partial charge in [0, 0.05) is 6.61 Å². The molecule has 1 heterocycles. The zero-order chi connectivity index (χ0) is 12.1. The fourth-order valence-electron chi connectivity index (χ4n) is 1.57. The maximum absolute atomic E-state index is 7.57. The van der Waals surface area contributed by atoms with Crippen molar-refractivity contribution in [3.63, 3.8) is 0 Å². The zero-order valence-corrected chi connectivity index (χ0v) is 9.67. The molecule has 0 saturated carbocycles. The van der Waals surface area contributed by atoms with Crippen LogP contribution < -0.4 is 0 Å². The molecule has 2 aromatic carbocycles. The number of aliphatic hydroxyl groups excluding tert-OH is 1. The van der Waals surface area contributed by atoms with Gasteiger partial charge in [-0.2, -0.15) is 0 Å². The van der Waals surface area contributed by atoms with Crippen LogP contribution in [0.1, 0.15) is 6.92 Å². The molecule has 0 unspecified atom stereocenters. The average molecular weight is 226 g/mol. The van der Waals surface area contributed by atoms with E-state index in [1.54, 1.807) is 6.92 Å². The minimum absolute atomic E-state index is 0.250. The van der Waals surface area contributed by atoms with E-state index >= 15 is 0 Å². The number of fused-ring (bicyclic) bond motifs is 2. The summed E-state index contributed by atoms with van der Waals surface area (Å²) in [4.78, 5) is 9.03. The van der Waals surface area contributed by atoms with Gasteiger partial charge in [-0.3, -0.25) is 0 Å². The van der Waals surface area contributed by atoms with Gasteiger partial charge in [0.15, 0.2) is 0 Å². The van der Waals surface area contributed by atoms with Gasteiger partial charge in [-0.05, 0) is 31.2 Å². The van der Waals surface area contributed by atoms with Crippen molar-refractivity contribution in [2.45, 2.75) is 6.92 Å². The summed E-state index contributed by atoms with van der Waals surface area (Å²) in [6.07, 6.45) is 0. The molecule has 0 fully saturated rings. The number of para-hydroxylation sites is 4. The number of hydrogen-bond acceptors (Lipinski definition) is 3. The second-order valence-corrected chi connectivity index (χ2v) is 3.52. The number of nitrogens with zero attached hydrogens (tertiary/aromatic N) is 2. The largest absolute Gasteiger partial charge is 0.397 e. The average Bonchev–Trinajstić information content (AvgIpc) is 2.37. The van der Waals surface area contributed by atoms with Crippen LogP contribution in [0, 0.1) is 0 Å². The summed E-state index contributed by atoms with van der Waals surface area (Å²) in [5, 5.41) is 7.57. The topological polar surface area (TPSA) is 46.0 Å². The van der Waals surface area contributed by atoms with Gasteiger partial charge in [0.05, 0.1) is 22.1 Å². The first kappa shape index (κ1) is 11.5. The third-order valence-electron chi connectivity index (χ3n) is 2.25. The van der Waals surface area contributed by atoms with E-state index in [0.29, 0.717) is 0 Å². The molecule has 3 heteroatoms. The van der Waals surface area contributed by atoms with Crippen molar-refractivity contribution in [3.05, 3.63) is 48.5 Å². The van der Waals surface area contributed by atoms with Crippen molar-refractivity contribution >= 4 is 22.1 Å². The first-order valence-electron chi connectivity index (χ1n) is 5.57. The Balaban J connectivity index is 0.000000329. The van der Waals surface area contributed by atoms with Crippen LogP contribution in [0.5, 0.6) is 0 Å². The quantitative estimate of drug-likeness (QED) is 0.599. The first-order valence-corrected chi connectivity index (χ1v) is 5.57. The van der Waals surface area contributed by atoms with Gasteiger partial charge < -0.3 is 5.11 Å². The molecule has 86 valence electrons. The summed E-state index contributed by atoms with van der Waals surface area (Å²) in [6, 6.07) is 15.8. The normalized spacial score (nSPS) is 10.0. The monoisotopic (exact) mass is 226 g/mol. The predicted molar refractivity (Wildman–Crippen MR) is 69.8 cm³/mol. The van der Waals surface area contributed by atoms with E-state index in [4.69, 9.17) is 5.11 Å². The van der Waals surface area contributed by atoms with Gasteiger partial charge in [-0.25, -0.2) is 9.97 Å². The van der Waals surface area contributed by atoms with Crippen LogP contribution in [-0.2, 0) is 0 Å². The number of hydrogen-bond donors (Lipinski definition) is 1. The minimum atomic E-state index is 0.250. The fraction of sp³-hybridized carbons (Fsp3) is 0.143. The lowest BCUT2D eigenvalue weighted by Gasteiger charge is -1.98. The lowest BCUT2D eigenvalue weighted by atomic mass is 10.2. The molecule has 0 amide bonds. The summed E-state index contributed by atoms with van der Waals surface area (Å²) < 4.78 is 0.